The molecule has 1 fully saturated rings. The monoisotopic (exact) mass is 304 g/mol. The van der Waals surface area contributed by atoms with Crippen molar-refractivity contribution >= 4 is 27.3 Å². The highest BCUT2D eigenvalue weighted by atomic mass is 32.2. The Kier molecular flexibility index (Phi) is 4.24. The first-order valence-electron chi connectivity index (χ1n) is 6.08. The third-order valence-electron chi connectivity index (χ3n) is 3.33. The van der Waals surface area contributed by atoms with Gasteiger partial charge in [0.1, 0.15) is 4.21 Å². The first kappa shape index (κ1) is 14.4. The van der Waals surface area contributed by atoms with E-state index >= 15 is 0 Å². The van der Waals surface area contributed by atoms with Crippen molar-refractivity contribution in [3.63, 3.8) is 0 Å². The maximum absolute atomic E-state index is 12.3. The van der Waals surface area contributed by atoms with Gasteiger partial charge in [0.05, 0.1) is 38.7 Å². The number of carboxylic acids is 1. The number of sulfonamides is 1. The molecule has 1 saturated heterocycles. The van der Waals surface area contributed by atoms with Crippen LogP contribution >= 0.6 is 11.3 Å². The molecule has 6 nitrogen and oxygen atoms in total. The highest BCUT2D eigenvalue weighted by Gasteiger charge is 2.30. The minimum Gasteiger partial charge on any atom is -0.545 e. The van der Waals surface area contributed by atoms with Crippen LogP contribution < -0.4 is 10.0 Å². The summed E-state index contributed by atoms with van der Waals surface area (Å²) in [7, 11) is -3.56. The van der Waals surface area contributed by atoms with E-state index in [9.17, 15) is 18.3 Å². The van der Waals surface area contributed by atoms with Gasteiger partial charge in [0.2, 0.25) is 0 Å². The van der Waals surface area contributed by atoms with E-state index in [1.54, 1.807) is 0 Å². The van der Waals surface area contributed by atoms with E-state index in [-0.39, 0.29) is 9.77 Å². The molecule has 0 amide bonds. The number of hydrogen-bond donors (Lipinski definition) is 1. The number of likely N-dealkylation sites (N-methyl/N-ethyl adjacent to an activating group) is 1. The Hall–Kier alpha value is -0.960. The Labute approximate surface area is 116 Å². The van der Waals surface area contributed by atoms with Crippen LogP contribution in [0.1, 0.15) is 17.3 Å². The summed E-state index contributed by atoms with van der Waals surface area (Å²) in [4.78, 5) is 12.1. The standard InChI is InChI=1S/C11H16N2O4S2/c1-2-12-3-5-13(6-4-12)19(16,17)10-7-9(8-18-10)11(14)15/h7-8H,2-6H2,1H3,(H,14,15). The molecule has 19 heavy (non-hydrogen) atoms. The molecule has 0 aliphatic carbocycles. The number of nitrogens with one attached hydrogen (secondary N) is 1. The predicted molar refractivity (Wildman–Crippen MR) is 68.6 cm³/mol. The fraction of sp³-hybridized carbons (Fsp3) is 0.545. The summed E-state index contributed by atoms with van der Waals surface area (Å²) >= 11 is 0.928. The average molecular weight is 304 g/mol. The number of nitrogens with zero attached hydrogens (tertiary/aromatic N) is 1. The molecule has 0 atom stereocenters. The molecular formula is C11H16N2O4S2. The predicted octanol–water partition coefficient (Wildman–Crippen LogP) is -1.98. The van der Waals surface area contributed by atoms with Gasteiger partial charge in [0.25, 0.3) is 10.0 Å². The van der Waals surface area contributed by atoms with Crippen LogP contribution in [0.2, 0.25) is 0 Å². The highest BCUT2D eigenvalue weighted by molar-refractivity contribution is 7.91. The second-order valence-corrected chi connectivity index (χ2v) is 7.53. The van der Waals surface area contributed by atoms with Crippen molar-refractivity contribution in [1.29, 1.82) is 0 Å². The number of aromatic carboxylic acids is 1. The van der Waals surface area contributed by atoms with E-state index in [0.29, 0.717) is 13.1 Å². The van der Waals surface area contributed by atoms with Gasteiger partial charge in [-0.15, -0.1) is 11.3 Å². The minimum absolute atomic E-state index is 0.0756. The van der Waals surface area contributed by atoms with Gasteiger partial charge in [-0.3, -0.25) is 0 Å². The summed E-state index contributed by atoms with van der Waals surface area (Å²) in [5.41, 5.74) is -0.0820. The highest BCUT2D eigenvalue weighted by Crippen LogP contribution is 2.23. The van der Waals surface area contributed by atoms with E-state index in [1.807, 2.05) is 0 Å². The zero-order chi connectivity index (χ0) is 14.0. The zero-order valence-electron chi connectivity index (χ0n) is 10.6. The molecule has 0 saturated carbocycles. The van der Waals surface area contributed by atoms with Gasteiger partial charge in [-0.2, -0.15) is 4.31 Å². The number of carbonyl (C=O) groups is 1. The van der Waals surface area contributed by atoms with Crippen LogP contribution in [0.5, 0.6) is 0 Å². The second kappa shape index (κ2) is 5.58. The molecule has 106 valence electrons. The Morgan fingerprint density at radius 2 is 2.11 bits per heavy atom. The molecule has 1 N–H and O–H groups in total. The molecule has 0 unspecified atom stereocenters. The first-order chi connectivity index (χ1) is 8.95. The van der Waals surface area contributed by atoms with Crippen LogP contribution in [-0.4, -0.2) is 51.4 Å². The lowest BCUT2D eigenvalue weighted by atomic mass is 10.4. The number of piperazine rings is 1. The molecular weight excluding hydrogens is 288 g/mol. The van der Waals surface area contributed by atoms with E-state index < -0.39 is 16.0 Å². The topological polar surface area (TPSA) is 82.0 Å². The summed E-state index contributed by atoms with van der Waals surface area (Å²) in [6, 6.07) is 1.17. The molecule has 1 aliphatic rings. The van der Waals surface area contributed by atoms with Gasteiger partial charge in [0, 0.05) is 10.9 Å². The van der Waals surface area contributed by atoms with Gasteiger partial charge in [-0.25, -0.2) is 8.42 Å². The van der Waals surface area contributed by atoms with Crippen molar-refractivity contribution in [2.75, 3.05) is 32.7 Å². The smallest absolute Gasteiger partial charge is 0.252 e. The third-order valence-corrected chi connectivity index (χ3v) is 6.65. The average Bonchev–Trinajstić information content (AvgIpc) is 2.89. The number of rotatable bonds is 4. The van der Waals surface area contributed by atoms with Crippen molar-refractivity contribution in [1.82, 2.24) is 4.31 Å². The summed E-state index contributed by atoms with van der Waals surface area (Å²) in [5, 5.41) is 12.0. The van der Waals surface area contributed by atoms with E-state index in [4.69, 9.17) is 0 Å². The van der Waals surface area contributed by atoms with Gasteiger partial charge in [-0.1, -0.05) is 0 Å². The summed E-state index contributed by atoms with van der Waals surface area (Å²) < 4.78 is 26.2. The maximum Gasteiger partial charge on any atom is 0.252 e. The quantitative estimate of drug-likeness (QED) is 0.699. The van der Waals surface area contributed by atoms with Gasteiger partial charge in [-0.05, 0) is 13.0 Å². The van der Waals surface area contributed by atoms with E-state index in [1.165, 1.54) is 20.7 Å². The second-order valence-electron chi connectivity index (χ2n) is 4.45. The molecule has 8 heteroatoms. The molecule has 0 bridgehead atoms. The Morgan fingerprint density at radius 1 is 1.47 bits per heavy atom. The van der Waals surface area contributed by atoms with Crippen LogP contribution in [0, 0.1) is 0 Å². The fourth-order valence-corrected chi connectivity index (χ4v) is 4.83. The molecule has 0 radical (unpaired) electrons. The van der Waals surface area contributed by atoms with Crippen molar-refractivity contribution in [3.8, 4) is 0 Å². The maximum atomic E-state index is 12.3. The van der Waals surface area contributed by atoms with Crippen LogP contribution in [0.15, 0.2) is 15.7 Å². The Bertz CT molecular complexity index is 559. The van der Waals surface area contributed by atoms with Crippen molar-refractivity contribution in [2.45, 2.75) is 11.1 Å². The van der Waals surface area contributed by atoms with Gasteiger partial charge in [0.15, 0.2) is 0 Å². The molecule has 0 aromatic carbocycles. The lowest BCUT2D eigenvalue weighted by Crippen LogP contribution is -3.14. The Balaban J connectivity index is 2.16. The van der Waals surface area contributed by atoms with E-state index in [0.717, 1.165) is 31.0 Å². The lowest BCUT2D eigenvalue weighted by Gasteiger charge is -2.30. The van der Waals surface area contributed by atoms with Gasteiger partial charge >= 0.3 is 0 Å². The van der Waals surface area contributed by atoms with Crippen LogP contribution in [0.3, 0.4) is 0 Å². The number of quaternary nitrogens is 1. The number of carboxylic acid groups (broad SMARTS) is 1. The number of thiophene rings is 1. The minimum atomic E-state index is -3.56. The molecule has 2 rings (SSSR count). The number of carbonyl (C=O) groups excluding carboxylic acids is 1. The van der Waals surface area contributed by atoms with Crippen LogP contribution in [0.4, 0.5) is 0 Å². The molecule has 2 heterocycles. The third kappa shape index (κ3) is 2.97. The van der Waals surface area contributed by atoms with E-state index in [2.05, 4.69) is 6.92 Å². The normalized spacial score (nSPS) is 18.6. The largest absolute Gasteiger partial charge is 0.545 e. The van der Waals surface area contributed by atoms with Crippen LogP contribution in [0.25, 0.3) is 0 Å². The SMILES string of the molecule is CC[NH+]1CCN(S(=O)(=O)c2cc(C(=O)[O-])cs2)CC1. The Morgan fingerprint density at radius 3 is 2.58 bits per heavy atom. The van der Waals surface area contributed by atoms with Crippen molar-refractivity contribution < 1.29 is 23.2 Å². The van der Waals surface area contributed by atoms with Crippen LogP contribution in [-0.2, 0) is 10.0 Å². The zero-order valence-corrected chi connectivity index (χ0v) is 12.2. The lowest BCUT2D eigenvalue weighted by molar-refractivity contribution is -0.901. The first-order valence-corrected chi connectivity index (χ1v) is 8.40. The summed E-state index contributed by atoms with van der Waals surface area (Å²) in [5.74, 6) is -1.35. The molecule has 1 aromatic rings. The van der Waals surface area contributed by atoms with Crippen molar-refractivity contribution in [3.05, 3.63) is 17.0 Å². The fourth-order valence-electron chi connectivity index (χ4n) is 2.08. The summed E-state index contributed by atoms with van der Waals surface area (Å²) in [6.07, 6.45) is 0. The summed E-state index contributed by atoms with van der Waals surface area (Å²) in [6.45, 7) is 5.59. The molecule has 1 aromatic heterocycles. The van der Waals surface area contributed by atoms with Crippen molar-refractivity contribution in [2.24, 2.45) is 0 Å². The molecule has 1 aliphatic heterocycles. The molecule has 0 spiro atoms. The van der Waals surface area contributed by atoms with Gasteiger partial charge < -0.3 is 14.8 Å². The number of hydrogen-bond acceptors (Lipinski definition) is 5.